The second-order valence-electron chi connectivity index (χ2n) is 8.12. The maximum atomic E-state index is 12.0. The normalized spacial score (nSPS) is 16.4. The van der Waals surface area contributed by atoms with Crippen molar-refractivity contribution in [1.29, 1.82) is 0 Å². The van der Waals surface area contributed by atoms with Gasteiger partial charge in [-0.05, 0) is 26.0 Å². The van der Waals surface area contributed by atoms with Gasteiger partial charge < -0.3 is 20.3 Å². The fourth-order valence-corrected chi connectivity index (χ4v) is 3.64. The monoisotopic (exact) mass is 432 g/mol. The van der Waals surface area contributed by atoms with E-state index in [4.69, 9.17) is 4.74 Å². The van der Waals surface area contributed by atoms with Crippen LogP contribution >= 0.6 is 0 Å². The SMILES string of the molecule is CN=C(NCCC(C)N(C)Cc1ccccc1)N1CCN(CC(=O)NCCOC)CC1. The Labute approximate surface area is 187 Å². The van der Waals surface area contributed by atoms with E-state index in [1.54, 1.807) is 7.11 Å². The minimum Gasteiger partial charge on any atom is -0.383 e. The molecule has 0 aliphatic carbocycles. The molecule has 1 unspecified atom stereocenters. The lowest BCUT2D eigenvalue weighted by Crippen LogP contribution is -2.54. The van der Waals surface area contributed by atoms with E-state index in [9.17, 15) is 4.79 Å². The second kappa shape index (κ2) is 14.0. The standard InChI is InChI=1S/C23H40N6O2/c1-20(27(3)18-21-8-6-5-7-9-21)10-11-26-23(24-2)29-15-13-28(14-16-29)19-22(30)25-12-17-31-4/h5-9,20H,10-19H2,1-4H3,(H,24,26)(H,25,30). The van der Waals surface area contributed by atoms with Gasteiger partial charge in [0.2, 0.25) is 5.91 Å². The van der Waals surface area contributed by atoms with Gasteiger partial charge in [0.05, 0.1) is 13.2 Å². The summed E-state index contributed by atoms with van der Waals surface area (Å²) < 4.78 is 4.96. The van der Waals surface area contributed by atoms with Crippen LogP contribution in [0.4, 0.5) is 0 Å². The Morgan fingerprint density at radius 3 is 2.52 bits per heavy atom. The van der Waals surface area contributed by atoms with Crippen molar-refractivity contribution in [3.05, 3.63) is 35.9 Å². The first kappa shape index (κ1) is 25.1. The van der Waals surface area contributed by atoms with Crippen molar-refractivity contribution >= 4 is 11.9 Å². The number of hydrogen-bond acceptors (Lipinski definition) is 5. The number of benzene rings is 1. The zero-order valence-electron chi connectivity index (χ0n) is 19.6. The van der Waals surface area contributed by atoms with Gasteiger partial charge in [0.15, 0.2) is 5.96 Å². The molecule has 0 aromatic heterocycles. The molecule has 0 spiro atoms. The van der Waals surface area contributed by atoms with E-state index in [1.807, 2.05) is 7.05 Å². The van der Waals surface area contributed by atoms with Crippen LogP contribution in [-0.4, -0.2) is 106 Å². The number of hydrogen-bond donors (Lipinski definition) is 2. The molecule has 8 nitrogen and oxygen atoms in total. The Hall–Kier alpha value is -2.16. The van der Waals surface area contributed by atoms with Gasteiger partial charge >= 0.3 is 0 Å². The number of carbonyl (C=O) groups excluding carboxylic acids is 1. The van der Waals surface area contributed by atoms with E-state index < -0.39 is 0 Å². The van der Waals surface area contributed by atoms with E-state index in [0.29, 0.717) is 25.7 Å². The summed E-state index contributed by atoms with van der Waals surface area (Å²) in [5.41, 5.74) is 1.34. The number of piperazine rings is 1. The van der Waals surface area contributed by atoms with Crippen molar-refractivity contribution in [2.45, 2.75) is 25.9 Å². The highest BCUT2D eigenvalue weighted by Gasteiger charge is 2.21. The van der Waals surface area contributed by atoms with Crippen LogP contribution in [0, 0.1) is 0 Å². The molecule has 0 saturated carbocycles. The lowest BCUT2D eigenvalue weighted by molar-refractivity contribution is -0.122. The van der Waals surface area contributed by atoms with Crippen LogP contribution < -0.4 is 10.6 Å². The van der Waals surface area contributed by atoms with E-state index in [0.717, 1.165) is 51.6 Å². The number of guanidine groups is 1. The number of ether oxygens (including phenoxy) is 1. The molecular formula is C23H40N6O2. The minimum absolute atomic E-state index is 0.0571. The van der Waals surface area contributed by atoms with E-state index in [2.05, 4.69) is 74.6 Å². The minimum atomic E-state index is 0.0571. The van der Waals surface area contributed by atoms with Gasteiger partial charge in [0.25, 0.3) is 0 Å². The first-order chi connectivity index (χ1) is 15.0. The molecule has 2 rings (SSSR count). The number of carbonyl (C=O) groups is 1. The van der Waals surface area contributed by atoms with Crippen LogP contribution in [0.1, 0.15) is 18.9 Å². The van der Waals surface area contributed by atoms with Gasteiger partial charge in [-0.3, -0.25) is 19.6 Å². The van der Waals surface area contributed by atoms with E-state index in [-0.39, 0.29) is 5.91 Å². The van der Waals surface area contributed by atoms with Crippen molar-refractivity contribution in [1.82, 2.24) is 25.3 Å². The molecule has 1 aromatic carbocycles. The summed E-state index contributed by atoms with van der Waals surface area (Å²) in [5.74, 6) is 1.00. The number of nitrogens with one attached hydrogen (secondary N) is 2. The van der Waals surface area contributed by atoms with Gasteiger partial charge in [-0.1, -0.05) is 30.3 Å². The zero-order valence-corrected chi connectivity index (χ0v) is 19.6. The van der Waals surface area contributed by atoms with Crippen LogP contribution in [0.2, 0.25) is 0 Å². The van der Waals surface area contributed by atoms with Crippen molar-refractivity contribution < 1.29 is 9.53 Å². The Kier molecular flexibility index (Phi) is 11.3. The summed E-state index contributed by atoms with van der Waals surface area (Å²) in [7, 11) is 5.65. The third-order valence-corrected chi connectivity index (χ3v) is 5.75. The molecule has 1 heterocycles. The number of methoxy groups -OCH3 is 1. The molecule has 1 aliphatic heterocycles. The molecule has 31 heavy (non-hydrogen) atoms. The fourth-order valence-electron chi connectivity index (χ4n) is 3.64. The number of rotatable bonds is 11. The fraction of sp³-hybridized carbons (Fsp3) is 0.652. The van der Waals surface area contributed by atoms with Crippen LogP contribution in [0.15, 0.2) is 35.3 Å². The van der Waals surface area contributed by atoms with Gasteiger partial charge in [-0.25, -0.2) is 0 Å². The molecule has 1 aliphatic rings. The summed E-state index contributed by atoms with van der Waals surface area (Å²) >= 11 is 0. The highest BCUT2D eigenvalue weighted by molar-refractivity contribution is 5.80. The molecule has 8 heteroatoms. The summed E-state index contributed by atoms with van der Waals surface area (Å²) in [6.45, 7) is 9.10. The molecule has 1 saturated heterocycles. The Bertz CT molecular complexity index is 661. The second-order valence-corrected chi connectivity index (χ2v) is 8.12. The first-order valence-electron chi connectivity index (χ1n) is 11.2. The topological polar surface area (TPSA) is 72.4 Å². The van der Waals surface area contributed by atoms with Crippen LogP contribution in [-0.2, 0) is 16.1 Å². The maximum absolute atomic E-state index is 12.0. The summed E-state index contributed by atoms with van der Waals surface area (Å²) in [5, 5.41) is 6.40. The van der Waals surface area contributed by atoms with E-state index in [1.165, 1.54) is 5.56 Å². The molecule has 1 aromatic rings. The highest BCUT2D eigenvalue weighted by atomic mass is 16.5. The van der Waals surface area contributed by atoms with Crippen LogP contribution in [0.3, 0.4) is 0 Å². The molecule has 174 valence electrons. The van der Waals surface area contributed by atoms with E-state index >= 15 is 0 Å². The van der Waals surface area contributed by atoms with Gasteiger partial charge in [0, 0.05) is 66.0 Å². The molecular weight excluding hydrogens is 392 g/mol. The van der Waals surface area contributed by atoms with Crippen molar-refractivity contribution in [2.75, 3.05) is 73.6 Å². The third kappa shape index (κ3) is 9.25. The molecule has 1 fully saturated rings. The molecule has 0 radical (unpaired) electrons. The summed E-state index contributed by atoms with van der Waals surface area (Å²) in [4.78, 5) is 23.3. The van der Waals surface area contributed by atoms with Crippen molar-refractivity contribution in [3.63, 3.8) is 0 Å². The summed E-state index contributed by atoms with van der Waals surface area (Å²) in [6, 6.07) is 11.1. The van der Waals surface area contributed by atoms with Crippen molar-refractivity contribution in [2.24, 2.45) is 4.99 Å². The molecule has 2 N–H and O–H groups in total. The Morgan fingerprint density at radius 2 is 1.87 bits per heavy atom. The average Bonchev–Trinajstić information content (AvgIpc) is 2.78. The Balaban J connectivity index is 1.66. The molecule has 1 atom stereocenters. The predicted molar refractivity (Wildman–Crippen MR) is 126 cm³/mol. The number of amides is 1. The third-order valence-electron chi connectivity index (χ3n) is 5.75. The smallest absolute Gasteiger partial charge is 0.234 e. The maximum Gasteiger partial charge on any atom is 0.234 e. The largest absolute Gasteiger partial charge is 0.383 e. The zero-order chi connectivity index (χ0) is 22.5. The highest BCUT2D eigenvalue weighted by Crippen LogP contribution is 2.08. The van der Waals surface area contributed by atoms with Crippen LogP contribution in [0.5, 0.6) is 0 Å². The first-order valence-corrected chi connectivity index (χ1v) is 11.2. The van der Waals surface area contributed by atoms with Gasteiger partial charge in [0.1, 0.15) is 0 Å². The van der Waals surface area contributed by atoms with Gasteiger partial charge in [-0.15, -0.1) is 0 Å². The summed E-state index contributed by atoms with van der Waals surface area (Å²) in [6.07, 6.45) is 1.05. The average molecular weight is 433 g/mol. The number of aliphatic imine (C=N–C) groups is 1. The number of nitrogens with zero attached hydrogens (tertiary/aromatic N) is 4. The lowest BCUT2D eigenvalue weighted by Gasteiger charge is -2.36. The Morgan fingerprint density at radius 1 is 1.16 bits per heavy atom. The van der Waals surface area contributed by atoms with Gasteiger partial charge in [-0.2, -0.15) is 0 Å². The van der Waals surface area contributed by atoms with Crippen molar-refractivity contribution in [3.8, 4) is 0 Å². The molecule has 0 bridgehead atoms. The lowest BCUT2D eigenvalue weighted by atomic mass is 10.1. The quantitative estimate of drug-likeness (QED) is 0.307. The van der Waals surface area contributed by atoms with Crippen LogP contribution in [0.25, 0.3) is 0 Å². The predicted octanol–water partition coefficient (Wildman–Crippen LogP) is 0.853. The molecule has 1 amide bonds.